The summed E-state index contributed by atoms with van der Waals surface area (Å²) in [7, 11) is 1.37. The predicted octanol–water partition coefficient (Wildman–Crippen LogP) is 7.22. The molecule has 0 saturated carbocycles. The highest BCUT2D eigenvalue weighted by molar-refractivity contribution is 5.71. The van der Waals surface area contributed by atoms with Gasteiger partial charge in [-0.2, -0.15) is 5.26 Å². The molecule has 2 atom stereocenters. The quantitative estimate of drug-likeness (QED) is 0.212. The van der Waals surface area contributed by atoms with Gasteiger partial charge in [0.15, 0.2) is 0 Å². The van der Waals surface area contributed by atoms with Crippen LogP contribution < -0.4 is 14.2 Å². The summed E-state index contributed by atoms with van der Waals surface area (Å²) < 4.78 is 38.3. The number of rotatable bonds is 12. The highest BCUT2D eigenvalue weighted by Gasteiger charge is 2.32. The molecule has 8 heteroatoms. The number of halogens is 1. The summed E-state index contributed by atoms with van der Waals surface area (Å²) in [6.07, 6.45) is 3.21. The number of ether oxygens (including phenoxy) is 4. The van der Waals surface area contributed by atoms with E-state index < -0.39 is 6.10 Å². The Morgan fingerprint density at radius 1 is 1.14 bits per heavy atom. The Balaban J connectivity index is 1.32. The van der Waals surface area contributed by atoms with Crippen LogP contribution in [0.2, 0.25) is 0 Å². The molecule has 1 aliphatic heterocycles. The fourth-order valence-corrected chi connectivity index (χ4v) is 5.76. The maximum absolute atomic E-state index is 15.2. The second-order valence-electron chi connectivity index (χ2n) is 10.8. The standard InChI is InChI=1S/C34H37FN2O5/c1-4-6-15-37(5-2)20-22-7-12-29(23(16-22)19-36)42-30-14-11-28(35)34-27(30)10-13-31(34)41-25-8-9-26-24(17-33(38)39-3)21-40-32(26)18-25/h7-9,11-12,14,16,18,24,31H,4-6,10,13,15,17,20-21H2,1-3H3/t24-,31-/m1/s1. The van der Waals surface area contributed by atoms with E-state index in [1.807, 2.05) is 30.3 Å². The van der Waals surface area contributed by atoms with Crippen LogP contribution in [0.5, 0.6) is 23.0 Å². The van der Waals surface area contributed by atoms with Gasteiger partial charge < -0.3 is 18.9 Å². The lowest BCUT2D eigenvalue weighted by atomic mass is 9.98. The van der Waals surface area contributed by atoms with Gasteiger partial charge in [0.1, 0.15) is 41.0 Å². The number of methoxy groups -OCH3 is 1. The summed E-state index contributed by atoms with van der Waals surface area (Å²) in [6.45, 7) is 7.46. The Kier molecular flexibility index (Phi) is 9.28. The van der Waals surface area contributed by atoms with Crippen molar-refractivity contribution in [2.75, 3.05) is 26.8 Å². The van der Waals surface area contributed by atoms with Gasteiger partial charge >= 0.3 is 5.97 Å². The van der Waals surface area contributed by atoms with E-state index >= 15 is 4.39 Å². The number of carbonyl (C=O) groups excluding carboxylic acids is 1. The van der Waals surface area contributed by atoms with E-state index in [9.17, 15) is 10.1 Å². The third-order valence-electron chi connectivity index (χ3n) is 8.09. The summed E-state index contributed by atoms with van der Waals surface area (Å²) in [5.74, 6) is 1.52. The Morgan fingerprint density at radius 2 is 1.98 bits per heavy atom. The van der Waals surface area contributed by atoms with Crippen molar-refractivity contribution < 1.29 is 28.1 Å². The van der Waals surface area contributed by atoms with E-state index in [2.05, 4.69) is 24.8 Å². The van der Waals surface area contributed by atoms with E-state index in [4.69, 9.17) is 18.9 Å². The molecule has 3 aromatic carbocycles. The number of carbonyl (C=O) groups is 1. The minimum Gasteiger partial charge on any atom is -0.492 e. The van der Waals surface area contributed by atoms with Crippen LogP contribution in [-0.2, 0) is 22.5 Å². The zero-order chi connectivity index (χ0) is 29.6. The second kappa shape index (κ2) is 13.3. The summed E-state index contributed by atoms with van der Waals surface area (Å²) in [4.78, 5) is 14.1. The largest absolute Gasteiger partial charge is 0.492 e. The molecular weight excluding hydrogens is 535 g/mol. The molecular formula is C34H37FN2O5. The van der Waals surface area contributed by atoms with Crippen molar-refractivity contribution in [2.24, 2.45) is 0 Å². The first-order chi connectivity index (χ1) is 20.4. The van der Waals surface area contributed by atoms with Gasteiger partial charge in [-0.1, -0.05) is 32.4 Å². The van der Waals surface area contributed by atoms with Crippen molar-refractivity contribution in [2.45, 2.75) is 64.5 Å². The summed E-state index contributed by atoms with van der Waals surface area (Å²) in [5, 5.41) is 9.88. The average molecular weight is 573 g/mol. The third kappa shape index (κ3) is 6.37. The van der Waals surface area contributed by atoms with Gasteiger partial charge in [0.25, 0.3) is 0 Å². The zero-order valence-electron chi connectivity index (χ0n) is 24.5. The second-order valence-corrected chi connectivity index (χ2v) is 10.8. The van der Waals surface area contributed by atoms with Crippen molar-refractivity contribution in [3.63, 3.8) is 0 Å². The molecule has 0 bridgehead atoms. The monoisotopic (exact) mass is 572 g/mol. The van der Waals surface area contributed by atoms with Gasteiger partial charge in [0.05, 0.1) is 25.7 Å². The van der Waals surface area contributed by atoms with Gasteiger partial charge in [-0.15, -0.1) is 0 Å². The molecule has 0 N–H and O–H groups in total. The Bertz CT molecular complexity index is 1480. The first-order valence-corrected chi connectivity index (χ1v) is 14.7. The van der Waals surface area contributed by atoms with Crippen molar-refractivity contribution in [3.8, 4) is 29.1 Å². The number of hydrogen-bond donors (Lipinski definition) is 0. The van der Waals surface area contributed by atoms with Crippen molar-refractivity contribution >= 4 is 5.97 Å². The molecule has 5 rings (SSSR count). The fourth-order valence-electron chi connectivity index (χ4n) is 5.76. The molecule has 3 aromatic rings. The van der Waals surface area contributed by atoms with Gasteiger partial charge in [-0.3, -0.25) is 9.69 Å². The maximum Gasteiger partial charge on any atom is 0.306 e. The van der Waals surface area contributed by atoms with Crippen LogP contribution in [0.1, 0.15) is 79.4 Å². The van der Waals surface area contributed by atoms with Crippen LogP contribution in [0.25, 0.3) is 0 Å². The van der Waals surface area contributed by atoms with Crippen molar-refractivity contribution in [1.29, 1.82) is 5.26 Å². The van der Waals surface area contributed by atoms with Crippen LogP contribution >= 0.6 is 0 Å². The summed E-state index contributed by atoms with van der Waals surface area (Å²) >= 11 is 0. The average Bonchev–Trinajstić information content (AvgIpc) is 3.61. The molecule has 7 nitrogen and oxygen atoms in total. The molecule has 220 valence electrons. The number of benzene rings is 3. The molecule has 0 aromatic heterocycles. The molecule has 0 unspecified atom stereocenters. The van der Waals surface area contributed by atoms with E-state index in [0.29, 0.717) is 53.6 Å². The lowest BCUT2D eigenvalue weighted by Crippen LogP contribution is -2.23. The summed E-state index contributed by atoms with van der Waals surface area (Å²) in [5.41, 5.74) is 3.67. The number of nitrogens with zero attached hydrogens (tertiary/aromatic N) is 2. The maximum atomic E-state index is 15.2. The minimum atomic E-state index is -0.491. The normalized spacial score (nSPS) is 16.9. The van der Waals surface area contributed by atoms with Crippen LogP contribution in [0, 0.1) is 17.1 Å². The Labute approximate surface area is 246 Å². The molecule has 0 amide bonds. The topological polar surface area (TPSA) is 81.0 Å². The number of fused-ring (bicyclic) bond motifs is 2. The molecule has 1 heterocycles. The molecule has 1 aliphatic carbocycles. The van der Waals surface area contributed by atoms with Gasteiger partial charge in [-0.25, -0.2) is 4.39 Å². The zero-order valence-corrected chi connectivity index (χ0v) is 24.5. The number of unbranched alkanes of at least 4 members (excludes halogenated alkanes) is 1. The number of nitriles is 1. The van der Waals surface area contributed by atoms with Crippen LogP contribution in [-0.4, -0.2) is 37.7 Å². The predicted molar refractivity (Wildman–Crippen MR) is 156 cm³/mol. The molecule has 0 spiro atoms. The van der Waals surface area contributed by atoms with Crippen LogP contribution in [0.4, 0.5) is 4.39 Å². The van der Waals surface area contributed by atoms with Gasteiger partial charge in [-0.05, 0) is 68.2 Å². The van der Waals surface area contributed by atoms with E-state index in [-0.39, 0.29) is 24.1 Å². The van der Waals surface area contributed by atoms with Gasteiger partial charge in [0.2, 0.25) is 0 Å². The number of esters is 1. The molecule has 0 saturated heterocycles. The first-order valence-electron chi connectivity index (χ1n) is 14.7. The summed E-state index contributed by atoms with van der Waals surface area (Å²) in [6, 6.07) is 16.5. The lowest BCUT2D eigenvalue weighted by Gasteiger charge is -2.20. The molecule has 42 heavy (non-hydrogen) atoms. The third-order valence-corrected chi connectivity index (χ3v) is 8.09. The van der Waals surface area contributed by atoms with E-state index in [0.717, 1.165) is 49.2 Å². The number of hydrogen-bond acceptors (Lipinski definition) is 7. The molecule has 0 radical (unpaired) electrons. The van der Waals surface area contributed by atoms with Crippen molar-refractivity contribution in [3.05, 3.63) is 82.2 Å². The smallest absolute Gasteiger partial charge is 0.306 e. The lowest BCUT2D eigenvalue weighted by molar-refractivity contribution is -0.141. The van der Waals surface area contributed by atoms with E-state index in [1.54, 1.807) is 12.1 Å². The molecule has 0 fully saturated rings. The van der Waals surface area contributed by atoms with Crippen molar-refractivity contribution in [1.82, 2.24) is 4.90 Å². The first kappa shape index (κ1) is 29.4. The minimum absolute atomic E-state index is 0.0649. The van der Waals surface area contributed by atoms with Crippen LogP contribution in [0.15, 0.2) is 48.5 Å². The van der Waals surface area contributed by atoms with E-state index in [1.165, 1.54) is 13.2 Å². The Morgan fingerprint density at radius 3 is 2.74 bits per heavy atom. The highest BCUT2D eigenvalue weighted by Crippen LogP contribution is 2.44. The molecule has 2 aliphatic rings. The van der Waals surface area contributed by atoms with Gasteiger partial charge in [0, 0.05) is 35.2 Å². The Hall–Kier alpha value is -4.09. The SMILES string of the molecule is CCCCN(CC)Cc1ccc(Oc2ccc(F)c3c2CC[C@H]3Oc2ccc3c(c2)OC[C@H]3CC(=O)OC)c(C#N)c1. The highest BCUT2D eigenvalue weighted by atomic mass is 19.1. The van der Waals surface area contributed by atoms with Crippen LogP contribution in [0.3, 0.4) is 0 Å². The fraction of sp³-hybridized carbons (Fsp3) is 0.412.